The van der Waals surface area contributed by atoms with Gasteiger partial charge in [-0.15, -0.1) is 11.6 Å². The van der Waals surface area contributed by atoms with Crippen LogP contribution < -0.4 is 10.1 Å². The molecule has 5 heteroatoms. The van der Waals surface area contributed by atoms with Gasteiger partial charge in [-0.3, -0.25) is 0 Å². The molecule has 96 valence electrons. The van der Waals surface area contributed by atoms with Gasteiger partial charge >= 0.3 is 0 Å². The molecule has 1 aromatic rings. The summed E-state index contributed by atoms with van der Waals surface area (Å²) in [6.45, 7) is 0.915. The van der Waals surface area contributed by atoms with Crippen LogP contribution in [0.2, 0.25) is 0 Å². The standard InChI is InChI=1S/C12H17ClFNO2/c1-16-8-10(6-13)15-7-9-3-4-11(17-2)5-12(9)14/h3-5,10,15H,6-8H2,1-2H3. The van der Waals surface area contributed by atoms with Gasteiger partial charge in [0.05, 0.1) is 13.7 Å². The highest BCUT2D eigenvalue weighted by molar-refractivity contribution is 6.18. The summed E-state index contributed by atoms with van der Waals surface area (Å²) in [5, 5.41) is 3.13. The highest BCUT2D eigenvalue weighted by Gasteiger charge is 2.08. The van der Waals surface area contributed by atoms with Crippen LogP contribution in [-0.4, -0.2) is 32.7 Å². The van der Waals surface area contributed by atoms with E-state index in [2.05, 4.69) is 5.32 Å². The molecule has 0 aliphatic carbocycles. The van der Waals surface area contributed by atoms with E-state index in [9.17, 15) is 4.39 Å². The van der Waals surface area contributed by atoms with Gasteiger partial charge in [-0.25, -0.2) is 4.39 Å². The summed E-state index contributed by atoms with van der Waals surface area (Å²) in [6.07, 6.45) is 0. The fourth-order valence-electron chi connectivity index (χ4n) is 1.41. The van der Waals surface area contributed by atoms with E-state index < -0.39 is 0 Å². The Hall–Kier alpha value is -0.840. The van der Waals surface area contributed by atoms with E-state index in [0.717, 1.165) is 0 Å². The fraction of sp³-hybridized carbons (Fsp3) is 0.500. The van der Waals surface area contributed by atoms with Gasteiger partial charge in [-0.2, -0.15) is 0 Å². The van der Waals surface area contributed by atoms with Gasteiger partial charge in [0.15, 0.2) is 0 Å². The number of hydrogen-bond donors (Lipinski definition) is 1. The van der Waals surface area contributed by atoms with Crippen LogP contribution in [0.25, 0.3) is 0 Å². The van der Waals surface area contributed by atoms with Gasteiger partial charge in [0.25, 0.3) is 0 Å². The monoisotopic (exact) mass is 261 g/mol. The smallest absolute Gasteiger partial charge is 0.131 e. The molecule has 0 bridgehead atoms. The molecule has 0 radical (unpaired) electrons. The van der Waals surface area contributed by atoms with Crippen LogP contribution in [0.3, 0.4) is 0 Å². The molecule has 1 aromatic carbocycles. The summed E-state index contributed by atoms with van der Waals surface area (Å²) in [7, 11) is 3.12. The van der Waals surface area contributed by atoms with E-state index >= 15 is 0 Å². The lowest BCUT2D eigenvalue weighted by Crippen LogP contribution is -2.34. The van der Waals surface area contributed by atoms with Crippen LogP contribution in [0.5, 0.6) is 5.75 Å². The molecule has 0 fully saturated rings. The Morgan fingerprint density at radius 2 is 2.18 bits per heavy atom. The summed E-state index contributed by atoms with van der Waals surface area (Å²) in [5.41, 5.74) is 0.581. The predicted molar refractivity (Wildman–Crippen MR) is 66.2 cm³/mol. The van der Waals surface area contributed by atoms with Crippen LogP contribution in [-0.2, 0) is 11.3 Å². The van der Waals surface area contributed by atoms with Crippen molar-refractivity contribution < 1.29 is 13.9 Å². The Labute approximate surface area is 106 Å². The minimum atomic E-state index is -0.289. The number of halogens is 2. The zero-order valence-electron chi connectivity index (χ0n) is 10.0. The fourth-order valence-corrected chi connectivity index (χ4v) is 1.61. The first kappa shape index (κ1) is 14.2. The largest absolute Gasteiger partial charge is 0.497 e. The second kappa shape index (κ2) is 7.48. The molecule has 17 heavy (non-hydrogen) atoms. The molecule has 0 aliphatic heterocycles. The lowest BCUT2D eigenvalue weighted by Gasteiger charge is -2.15. The zero-order chi connectivity index (χ0) is 12.7. The van der Waals surface area contributed by atoms with Crippen LogP contribution in [0.4, 0.5) is 4.39 Å². The molecule has 0 saturated heterocycles. The maximum atomic E-state index is 13.6. The molecule has 1 unspecified atom stereocenters. The molecule has 0 aromatic heterocycles. The number of alkyl halides is 1. The quantitative estimate of drug-likeness (QED) is 0.763. The average Bonchev–Trinajstić information content (AvgIpc) is 2.35. The highest BCUT2D eigenvalue weighted by atomic mass is 35.5. The van der Waals surface area contributed by atoms with Crippen molar-refractivity contribution in [3.8, 4) is 5.75 Å². The maximum absolute atomic E-state index is 13.6. The summed E-state index contributed by atoms with van der Waals surface area (Å²) >= 11 is 5.74. The minimum Gasteiger partial charge on any atom is -0.497 e. The lowest BCUT2D eigenvalue weighted by atomic mass is 10.2. The van der Waals surface area contributed by atoms with Gasteiger partial charge in [0.2, 0.25) is 0 Å². The molecule has 0 heterocycles. The van der Waals surface area contributed by atoms with E-state index in [1.807, 2.05) is 0 Å². The van der Waals surface area contributed by atoms with E-state index in [1.165, 1.54) is 13.2 Å². The number of ether oxygens (including phenoxy) is 2. The van der Waals surface area contributed by atoms with Crippen molar-refractivity contribution in [2.24, 2.45) is 0 Å². The molecule has 3 nitrogen and oxygen atoms in total. The number of rotatable bonds is 7. The molecule has 0 amide bonds. The predicted octanol–water partition coefficient (Wildman–Crippen LogP) is 2.18. The van der Waals surface area contributed by atoms with Crippen molar-refractivity contribution in [2.45, 2.75) is 12.6 Å². The van der Waals surface area contributed by atoms with Gasteiger partial charge in [0, 0.05) is 37.2 Å². The molecular weight excluding hydrogens is 245 g/mol. The summed E-state index contributed by atoms with van der Waals surface area (Å²) in [6, 6.07) is 4.80. The van der Waals surface area contributed by atoms with Crippen molar-refractivity contribution in [3.63, 3.8) is 0 Å². The second-order valence-corrected chi connectivity index (χ2v) is 3.95. The molecular formula is C12H17ClFNO2. The third-order valence-electron chi connectivity index (χ3n) is 2.40. The van der Waals surface area contributed by atoms with Crippen LogP contribution in [0.1, 0.15) is 5.56 Å². The number of nitrogens with one attached hydrogen (secondary N) is 1. The van der Waals surface area contributed by atoms with Crippen LogP contribution in [0.15, 0.2) is 18.2 Å². The van der Waals surface area contributed by atoms with Crippen molar-refractivity contribution in [1.82, 2.24) is 5.32 Å². The third-order valence-corrected chi connectivity index (χ3v) is 2.77. The van der Waals surface area contributed by atoms with Gasteiger partial charge in [-0.1, -0.05) is 6.07 Å². The molecule has 1 N–H and O–H groups in total. The number of benzene rings is 1. The first-order valence-electron chi connectivity index (χ1n) is 5.32. The normalized spacial score (nSPS) is 12.5. The topological polar surface area (TPSA) is 30.5 Å². The minimum absolute atomic E-state index is 0.0168. The van der Waals surface area contributed by atoms with E-state index in [0.29, 0.717) is 30.3 Å². The van der Waals surface area contributed by atoms with Crippen molar-refractivity contribution >= 4 is 11.6 Å². The Morgan fingerprint density at radius 3 is 2.71 bits per heavy atom. The Bertz CT molecular complexity index is 349. The van der Waals surface area contributed by atoms with Gasteiger partial charge in [0.1, 0.15) is 11.6 Å². The first-order valence-corrected chi connectivity index (χ1v) is 5.85. The summed E-state index contributed by atoms with van der Waals surface area (Å²) < 4.78 is 23.5. The molecule has 1 rings (SSSR count). The Morgan fingerprint density at radius 1 is 1.41 bits per heavy atom. The number of hydrogen-bond acceptors (Lipinski definition) is 3. The van der Waals surface area contributed by atoms with Crippen molar-refractivity contribution in [2.75, 3.05) is 26.7 Å². The van der Waals surface area contributed by atoms with E-state index in [-0.39, 0.29) is 11.9 Å². The molecule has 0 spiro atoms. The van der Waals surface area contributed by atoms with E-state index in [4.69, 9.17) is 21.1 Å². The molecule has 1 atom stereocenters. The maximum Gasteiger partial charge on any atom is 0.131 e. The van der Waals surface area contributed by atoms with E-state index in [1.54, 1.807) is 19.2 Å². The second-order valence-electron chi connectivity index (χ2n) is 3.64. The Balaban J connectivity index is 2.56. The van der Waals surface area contributed by atoms with Gasteiger partial charge in [-0.05, 0) is 6.07 Å². The molecule has 0 saturated carbocycles. The van der Waals surface area contributed by atoms with Gasteiger partial charge < -0.3 is 14.8 Å². The first-order chi connectivity index (χ1) is 8.21. The third kappa shape index (κ3) is 4.50. The highest BCUT2D eigenvalue weighted by Crippen LogP contribution is 2.16. The SMILES string of the molecule is COCC(CCl)NCc1ccc(OC)cc1F. The summed E-state index contributed by atoms with van der Waals surface area (Å²) in [4.78, 5) is 0. The number of methoxy groups -OCH3 is 2. The Kier molecular flexibility index (Phi) is 6.26. The van der Waals surface area contributed by atoms with Crippen molar-refractivity contribution in [3.05, 3.63) is 29.6 Å². The van der Waals surface area contributed by atoms with Crippen molar-refractivity contribution in [1.29, 1.82) is 0 Å². The average molecular weight is 262 g/mol. The lowest BCUT2D eigenvalue weighted by molar-refractivity contribution is 0.172. The van der Waals surface area contributed by atoms with Crippen LogP contribution in [0, 0.1) is 5.82 Å². The zero-order valence-corrected chi connectivity index (χ0v) is 10.8. The van der Waals surface area contributed by atoms with Crippen LogP contribution >= 0.6 is 11.6 Å². The summed E-state index contributed by atoms with van der Waals surface area (Å²) in [5.74, 6) is 0.644. The molecule has 0 aliphatic rings.